The Bertz CT molecular complexity index is 243. The standard InChI is InChI=1S/C9H15F3N2O.ClH/c1-14(5-6-3-2-4-6)8(15)7(13)9(10,11)12;/h6-7H,2-5,13H2,1H3;1H. The molecule has 3 nitrogen and oxygen atoms in total. The van der Waals surface area contributed by atoms with Gasteiger partial charge >= 0.3 is 6.18 Å². The van der Waals surface area contributed by atoms with Gasteiger partial charge in [0.05, 0.1) is 0 Å². The van der Waals surface area contributed by atoms with Crippen molar-refractivity contribution in [3.63, 3.8) is 0 Å². The number of nitrogens with two attached hydrogens (primary N) is 1. The van der Waals surface area contributed by atoms with Crippen LogP contribution in [0.25, 0.3) is 0 Å². The zero-order valence-corrected chi connectivity index (χ0v) is 9.77. The molecule has 96 valence electrons. The quantitative estimate of drug-likeness (QED) is 0.837. The molecule has 1 fully saturated rings. The van der Waals surface area contributed by atoms with Crippen molar-refractivity contribution in [1.29, 1.82) is 0 Å². The molecule has 0 aromatic heterocycles. The third kappa shape index (κ3) is 3.83. The molecule has 1 aliphatic carbocycles. The minimum atomic E-state index is -4.65. The predicted octanol–water partition coefficient (Wildman–Crippen LogP) is 1.56. The number of carbonyl (C=O) groups excluding carboxylic acids is 1. The van der Waals surface area contributed by atoms with Gasteiger partial charge in [0.2, 0.25) is 5.91 Å². The van der Waals surface area contributed by atoms with Gasteiger partial charge in [-0.25, -0.2) is 0 Å². The highest BCUT2D eigenvalue weighted by atomic mass is 35.5. The van der Waals surface area contributed by atoms with E-state index in [0.717, 1.165) is 24.2 Å². The van der Waals surface area contributed by atoms with E-state index < -0.39 is 18.1 Å². The summed E-state index contributed by atoms with van der Waals surface area (Å²) < 4.78 is 36.4. The summed E-state index contributed by atoms with van der Waals surface area (Å²) in [5, 5.41) is 0. The van der Waals surface area contributed by atoms with Crippen molar-refractivity contribution in [2.24, 2.45) is 11.7 Å². The molecule has 0 spiro atoms. The topological polar surface area (TPSA) is 46.3 Å². The second kappa shape index (κ2) is 5.72. The highest BCUT2D eigenvalue weighted by molar-refractivity contribution is 5.85. The van der Waals surface area contributed by atoms with Crippen LogP contribution in [-0.4, -0.2) is 36.6 Å². The van der Waals surface area contributed by atoms with E-state index >= 15 is 0 Å². The van der Waals surface area contributed by atoms with Crippen LogP contribution >= 0.6 is 12.4 Å². The van der Waals surface area contributed by atoms with Gasteiger partial charge in [-0.05, 0) is 18.8 Å². The molecule has 1 aliphatic rings. The molecule has 0 aliphatic heterocycles. The molecule has 1 saturated carbocycles. The molecule has 0 aromatic rings. The van der Waals surface area contributed by atoms with E-state index in [1.54, 1.807) is 0 Å². The summed E-state index contributed by atoms with van der Waals surface area (Å²) in [5.74, 6) is -0.700. The van der Waals surface area contributed by atoms with Gasteiger partial charge in [-0.1, -0.05) is 6.42 Å². The van der Waals surface area contributed by atoms with Crippen LogP contribution < -0.4 is 5.73 Å². The summed E-state index contributed by atoms with van der Waals surface area (Å²) in [6.45, 7) is 0.378. The molecule has 0 saturated heterocycles. The van der Waals surface area contributed by atoms with Gasteiger partial charge in [0.1, 0.15) is 0 Å². The molecule has 0 heterocycles. The Morgan fingerprint density at radius 1 is 1.50 bits per heavy atom. The summed E-state index contributed by atoms with van der Waals surface area (Å²) in [6, 6.07) is -2.39. The summed E-state index contributed by atoms with van der Waals surface area (Å²) in [4.78, 5) is 12.3. The Labute approximate surface area is 98.6 Å². The zero-order valence-electron chi connectivity index (χ0n) is 8.96. The molecule has 1 amide bonds. The van der Waals surface area contributed by atoms with Gasteiger partial charge in [-0.2, -0.15) is 13.2 Å². The van der Waals surface area contributed by atoms with Gasteiger partial charge in [0, 0.05) is 13.6 Å². The lowest BCUT2D eigenvalue weighted by molar-refractivity contribution is -0.169. The molecular formula is C9H16ClF3N2O. The Balaban J connectivity index is 0.00000225. The van der Waals surface area contributed by atoms with E-state index in [0.29, 0.717) is 12.5 Å². The maximum absolute atomic E-state index is 12.1. The maximum atomic E-state index is 12.1. The van der Waals surface area contributed by atoms with E-state index in [9.17, 15) is 18.0 Å². The number of hydrogen-bond donors (Lipinski definition) is 1. The monoisotopic (exact) mass is 260 g/mol. The predicted molar refractivity (Wildman–Crippen MR) is 56.3 cm³/mol. The minimum Gasteiger partial charge on any atom is -0.344 e. The largest absolute Gasteiger partial charge is 0.412 e. The first kappa shape index (κ1) is 15.5. The summed E-state index contributed by atoms with van der Waals surface area (Å²) >= 11 is 0. The Kier molecular flexibility index (Phi) is 5.55. The highest BCUT2D eigenvalue weighted by Crippen LogP contribution is 2.27. The number of halogens is 4. The number of likely N-dealkylation sites (N-methyl/N-ethyl adjacent to an activating group) is 1. The van der Waals surface area contributed by atoms with Crippen LogP contribution in [0.5, 0.6) is 0 Å². The number of nitrogens with zero attached hydrogens (tertiary/aromatic N) is 1. The van der Waals surface area contributed by atoms with Gasteiger partial charge in [0.15, 0.2) is 6.04 Å². The van der Waals surface area contributed by atoms with Crippen LogP contribution in [0.4, 0.5) is 13.2 Å². The first-order valence-electron chi connectivity index (χ1n) is 4.89. The number of carbonyl (C=O) groups is 1. The molecule has 2 N–H and O–H groups in total. The van der Waals surface area contributed by atoms with Crippen LogP contribution in [0.15, 0.2) is 0 Å². The fraction of sp³-hybridized carbons (Fsp3) is 0.889. The molecule has 1 atom stereocenters. The summed E-state index contributed by atoms with van der Waals surface area (Å²) in [7, 11) is 1.37. The van der Waals surface area contributed by atoms with Crippen molar-refractivity contribution in [3.05, 3.63) is 0 Å². The number of hydrogen-bond acceptors (Lipinski definition) is 2. The van der Waals surface area contributed by atoms with Crippen molar-refractivity contribution < 1.29 is 18.0 Å². The van der Waals surface area contributed by atoms with Gasteiger partial charge in [-0.15, -0.1) is 12.4 Å². The highest BCUT2D eigenvalue weighted by Gasteiger charge is 2.43. The van der Waals surface area contributed by atoms with Crippen molar-refractivity contribution in [2.75, 3.05) is 13.6 Å². The van der Waals surface area contributed by atoms with E-state index in [1.807, 2.05) is 0 Å². The molecule has 1 rings (SSSR count). The van der Waals surface area contributed by atoms with Crippen LogP contribution in [0.2, 0.25) is 0 Å². The number of alkyl halides is 3. The third-order valence-corrected chi connectivity index (χ3v) is 2.75. The molecule has 16 heavy (non-hydrogen) atoms. The Morgan fingerprint density at radius 3 is 2.31 bits per heavy atom. The van der Waals surface area contributed by atoms with Gasteiger partial charge in [-0.3, -0.25) is 4.79 Å². The van der Waals surface area contributed by atoms with Crippen LogP contribution in [-0.2, 0) is 4.79 Å². The van der Waals surface area contributed by atoms with E-state index in [1.165, 1.54) is 7.05 Å². The van der Waals surface area contributed by atoms with Gasteiger partial charge < -0.3 is 10.6 Å². The van der Waals surface area contributed by atoms with E-state index in [4.69, 9.17) is 5.73 Å². The average molecular weight is 261 g/mol. The van der Waals surface area contributed by atoms with Crippen molar-refractivity contribution in [2.45, 2.75) is 31.5 Å². The first-order valence-corrected chi connectivity index (χ1v) is 4.89. The van der Waals surface area contributed by atoms with E-state index in [2.05, 4.69) is 0 Å². The second-order valence-electron chi connectivity index (χ2n) is 4.03. The Morgan fingerprint density at radius 2 is 2.00 bits per heavy atom. The molecule has 1 unspecified atom stereocenters. The summed E-state index contributed by atoms with van der Waals surface area (Å²) in [6.07, 6.45) is -1.58. The fourth-order valence-electron chi connectivity index (χ4n) is 1.53. The molecule has 0 bridgehead atoms. The lowest BCUT2D eigenvalue weighted by atomic mass is 9.85. The second-order valence-corrected chi connectivity index (χ2v) is 4.03. The van der Waals surface area contributed by atoms with Crippen LogP contribution in [0.1, 0.15) is 19.3 Å². The molecular weight excluding hydrogens is 245 g/mol. The third-order valence-electron chi connectivity index (χ3n) is 2.75. The molecule has 7 heteroatoms. The number of rotatable bonds is 3. The zero-order chi connectivity index (χ0) is 11.6. The summed E-state index contributed by atoms with van der Waals surface area (Å²) in [5.41, 5.74) is 4.81. The Hall–Kier alpha value is -0.490. The van der Waals surface area contributed by atoms with Gasteiger partial charge in [0.25, 0.3) is 0 Å². The number of amides is 1. The normalized spacial score (nSPS) is 18.3. The molecule has 0 aromatic carbocycles. The van der Waals surface area contributed by atoms with E-state index in [-0.39, 0.29) is 12.4 Å². The lowest BCUT2D eigenvalue weighted by Crippen LogP contribution is -2.51. The van der Waals surface area contributed by atoms with Crippen molar-refractivity contribution in [3.8, 4) is 0 Å². The van der Waals surface area contributed by atoms with Crippen LogP contribution in [0.3, 0.4) is 0 Å². The smallest absolute Gasteiger partial charge is 0.344 e. The average Bonchev–Trinajstić information content (AvgIpc) is 2.06. The maximum Gasteiger partial charge on any atom is 0.412 e. The SMILES string of the molecule is CN(CC1CCC1)C(=O)C(N)C(F)(F)F.Cl. The molecule has 0 radical (unpaired) electrons. The first-order chi connectivity index (χ1) is 6.82. The van der Waals surface area contributed by atoms with Crippen molar-refractivity contribution >= 4 is 18.3 Å². The van der Waals surface area contributed by atoms with Crippen LogP contribution in [0, 0.1) is 5.92 Å². The fourth-order valence-corrected chi connectivity index (χ4v) is 1.53. The lowest BCUT2D eigenvalue weighted by Gasteiger charge is -2.31. The minimum absolute atomic E-state index is 0. The van der Waals surface area contributed by atoms with Crippen molar-refractivity contribution in [1.82, 2.24) is 4.90 Å².